The van der Waals surface area contributed by atoms with Crippen LogP contribution in [0.1, 0.15) is 36.8 Å². The smallest absolute Gasteiger partial charge is 0.235 e. The zero-order chi connectivity index (χ0) is 15.7. The van der Waals surface area contributed by atoms with E-state index in [1.165, 1.54) is 11.1 Å². The summed E-state index contributed by atoms with van der Waals surface area (Å²) in [5, 5.41) is 13.0. The minimum atomic E-state index is -0.146. The Labute approximate surface area is 137 Å². The van der Waals surface area contributed by atoms with E-state index in [0.29, 0.717) is 5.92 Å². The first kappa shape index (κ1) is 15.5. The van der Waals surface area contributed by atoms with Crippen LogP contribution in [-0.2, 0) is 5.75 Å². The number of aryl methyl sites for hydroxylation is 1. The first-order chi connectivity index (χ1) is 10.5. The van der Waals surface area contributed by atoms with Gasteiger partial charge in [0.1, 0.15) is 0 Å². The van der Waals surface area contributed by atoms with Gasteiger partial charge in [-0.1, -0.05) is 66.8 Å². The van der Waals surface area contributed by atoms with E-state index in [9.17, 15) is 0 Å². The second-order valence-electron chi connectivity index (χ2n) is 5.66. The predicted molar refractivity (Wildman–Crippen MR) is 91.2 cm³/mol. The first-order valence-corrected chi connectivity index (χ1v) is 9.01. The maximum absolute atomic E-state index is 6.17. The highest BCUT2D eigenvalue weighted by Gasteiger charge is 2.20. The molecule has 0 amide bonds. The molecular weight excluding hydrogens is 314 g/mol. The molecule has 0 spiro atoms. The third-order valence-electron chi connectivity index (χ3n) is 3.50. The zero-order valence-electron chi connectivity index (χ0n) is 12.9. The SMILES string of the molecule is Cc1ccc(CSc2nn3c(C(N)C(C)C)nnc3s2)cc1. The summed E-state index contributed by atoms with van der Waals surface area (Å²) in [6, 6.07) is 8.43. The Morgan fingerprint density at radius 1 is 1.23 bits per heavy atom. The molecule has 0 bridgehead atoms. The summed E-state index contributed by atoms with van der Waals surface area (Å²) in [5.74, 6) is 1.94. The van der Waals surface area contributed by atoms with Crippen molar-refractivity contribution in [2.75, 3.05) is 0 Å². The standard InChI is InChI=1S/C15H19N5S2/c1-9(2)12(16)13-17-18-14-20(13)19-15(22-14)21-8-11-6-4-10(3)5-7-11/h4-7,9,12H,8,16H2,1-3H3. The van der Waals surface area contributed by atoms with E-state index >= 15 is 0 Å². The van der Waals surface area contributed by atoms with Crippen LogP contribution in [0.4, 0.5) is 0 Å². The lowest BCUT2D eigenvalue weighted by Crippen LogP contribution is -2.20. The predicted octanol–water partition coefficient (Wildman–Crippen LogP) is 3.44. The van der Waals surface area contributed by atoms with Crippen LogP contribution in [0.3, 0.4) is 0 Å². The minimum absolute atomic E-state index is 0.146. The van der Waals surface area contributed by atoms with E-state index in [4.69, 9.17) is 5.73 Å². The number of fused-ring (bicyclic) bond motifs is 1. The number of aromatic nitrogens is 4. The van der Waals surface area contributed by atoms with Gasteiger partial charge in [-0.05, 0) is 18.4 Å². The number of hydrogen-bond acceptors (Lipinski definition) is 6. The Balaban J connectivity index is 1.76. The van der Waals surface area contributed by atoms with Crippen molar-refractivity contribution in [2.45, 2.75) is 36.9 Å². The normalized spacial score (nSPS) is 13.1. The fraction of sp³-hybridized carbons (Fsp3) is 0.400. The van der Waals surface area contributed by atoms with Gasteiger partial charge in [-0.25, -0.2) is 0 Å². The molecule has 0 radical (unpaired) electrons. The molecule has 2 aromatic heterocycles. The molecule has 2 N–H and O–H groups in total. The largest absolute Gasteiger partial charge is 0.321 e. The van der Waals surface area contributed by atoms with Gasteiger partial charge in [0.25, 0.3) is 0 Å². The number of thioether (sulfide) groups is 1. The van der Waals surface area contributed by atoms with Gasteiger partial charge in [-0.15, -0.1) is 15.3 Å². The molecule has 1 unspecified atom stereocenters. The lowest BCUT2D eigenvalue weighted by molar-refractivity contribution is 0.479. The van der Waals surface area contributed by atoms with Crippen LogP contribution >= 0.6 is 23.1 Å². The van der Waals surface area contributed by atoms with Gasteiger partial charge in [0.15, 0.2) is 10.2 Å². The fourth-order valence-corrected chi connectivity index (χ4v) is 3.85. The van der Waals surface area contributed by atoms with Gasteiger partial charge in [-0.2, -0.15) is 4.52 Å². The van der Waals surface area contributed by atoms with E-state index in [-0.39, 0.29) is 6.04 Å². The molecule has 22 heavy (non-hydrogen) atoms. The van der Waals surface area contributed by atoms with Crippen molar-refractivity contribution in [3.63, 3.8) is 0 Å². The maximum atomic E-state index is 6.17. The molecule has 1 aromatic carbocycles. The van der Waals surface area contributed by atoms with Crippen LogP contribution in [0.2, 0.25) is 0 Å². The Hall–Kier alpha value is -1.44. The van der Waals surface area contributed by atoms with Gasteiger partial charge < -0.3 is 5.73 Å². The van der Waals surface area contributed by atoms with Gasteiger partial charge in [-0.3, -0.25) is 0 Å². The lowest BCUT2D eigenvalue weighted by Gasteiger charge is -2.11. The van der Waals surface area contributed by atoms with Crippen molar-refractivity contribution in [1.82, 2.24) is 19.8 Å². The molecule has 116 valence electrons. The van der Waals surface area contributed by atoms with E-state index < -0.39 is 0 Å². The van der Waals surface area contributed by atoms with E-state index in [1.54, 1.807) is 27.6 Å². The average Bonchev–Trinajstić information content (AvgIpc) is 3.05. The summed E-state index contributed by atoms with van der Waals surface area (Å²) in [7, 11) is 0. The summed E-state index contributed by atoms with van der Waals surface area (Å²) < 4.78 is 2.77. The molecule has 2 heterocycles. The van der Waals surface area contributed by atoms with Crippen LogP contribution < -0.4 is 5.73 Å². The molecule has 0 fully saturated rings. The third-order valence-corrected chi connectivity index (χ3v) is 5.60. The molecule has 3 aromatic rings. The van der Waals surface area contributed by atoms with E-state index in [2.05, 4.69) is 60.3 Å². The number of nitrogens with two attached hydrogens (primary N) is 1. The Kier molecular flexibility index (Phi) is 4.46. The molecule has 3 rings (SSSR count). The molecule has 0 aliphatic carbocycles. The van der Waals surface area contributed by atoms with Gasteiger partial charge in [0.2, 0.25) is 4.96 Å². The summed E-state index contributed by atoms with van der Waals surface area (Å²) in [6.45, 7) is 6.25. The molecule has 0 aliphatic rings. The molecule has 0 saturated heterocycles. The molecule has 0 saturated carbocycles. The number of rotatable bonds is 5. The van der Waals surface area contributed by atoms with Gasteiger partial charge >= 0.3 is 0 Å². The number of benzene rings is 1. The molecular formula is C15H19N5S2. The Morgan fingerprint density at radius 3 is 2.64 bits per heavy atom. The Morgan fingerprint density at radius 2 is 1.95 bits per heavy atom. The van der Waals surface area contributed by atoms with Crippen LogP contribution in [0.5, 0.6) is 0 Å². The van der Waals surface area contributed by atoms with E-state index in [1.807, 2.05) is 0 Å². The van der Waals surface area contributed by atoms with Crippen molar-refractivity contribution in [3.8, 4) is 0 Å². The van der Waals surface area contributed by atoms with Crippen molar-refractivity contribution in [1.29, 1.82) is 0 Å². The third kappa shape index (κ3) is 3.16. The van der Waals surface area contributed by atoms with Gasteiger partial charge in [0.05, 0.1) is 6.04 Å². The van der Waals surface area contributed by atoms with Crippen LogP contribution in [0, 0.1) is 12.8 Å². The van der Waals surface area contributed by atoms with Crippen molar-refractivity contribution in [2.24, 2.45) is 11.7 Å². The van der Waals surface area contributed by atoms with Crippen molar-refractivity contribution < 1.29 is 0 Å². The number of hydrogen-bond donors (Lipinski definition) is 1. The molecule has 7 heteroatoms. The van der Waals surface area contributed by atoms with Crippen LogP contribution in [-0.4, -0.2) is 19.8 Å². The highest BCUT2D eigenvalue weighted by molar-refractivity contribution is 8.00. The van der Waals surface area contributed by atoms with Crippen molar-refractivity contribution in [3.05, 3.63) is 41.2 Å². The number of nitrogens with zero attached hydrogens (tertiary/aromatic N) is 4. The van der Waals surface area contributed by atoms with Crippen LogP contribution in [0.25, 0.3) is 4.96 Å². The first-order valence-electron chi connectivity index (χ1n) is 7.20. The summed E-state index contributed by atoms with van der Waals surface area (Å²) in [4.78, 5) is 0.803. The second-order valence-corrected chi connectivity index (χ2v) is 7.84. The molecule has 5 nitrogen and oxygen atoms in total. The summed E-state index contributed by atoms with van der Waals surface area (Å²) >= 11 is 3.27. The fourth-order valence-electron chi connectivity index (χ4n) is 2.01. The quantitative estimate of drug-likeness (QED) is 0.724. The van der Waals surface area contributed by atoms with E-state index in [0.717, 1.165) is 20.9 Å². The average molecular weight is 333 g/mol. The second kappa shape index (κ2) is 6.36. The zero-order valence-corrected chi connectivity index (χ0v) is 14.5. The lowest BCUT2D eigenvalue weighted by atomic mass is 10.1. The molecule has 0 aliphatic heterocycles. The van der Waals surface area contributed by atoms with Gasteiger partial charge in [0, 0.05) is 5.75 Å². The summed E-state index contributed by atoms with van der Waals surface area (Å²) in [6.07, 6.45) is 0. The molecule has 1 atom stereocenters. The maximum Gasteiger partial charge on any atom is 0.235 e. The van der Waals surface area contributed by atoms with Crippen LogP contribution in [0.15, 0.2) is 28.6 Å². The summed E-state index contributed by atoms with van der Waals surface area (Å²) in [5.41, 5.74) is 8.74. The highest BCUT2D eigenvalue weighted by Crippen LogP contribution is 2.29. The topological polar surface area (TPSA) is 69.1 Å². The van der Waals surface area contributed by atoms with Crippen molar-refractivity contribution >= 4 is 28.1 Å². The highest BCUT2D eigenvalue weighted by atomic mass is 32.2. The monoisotopic (exact) mass is 333 g/mol. The minimum Gasteiger partial charge on any atom is -0.321 e. The Bertz CT molecular complexity index is 760.